The third-order valence-corrected chi connectivity index (χ3v) is 4.95. The van der Waals surface area contributed by atoms with E-state index in [9.17, 15) is 8.78 Å². The Morgan fingerprint density at radius 2 is 1.86 bits per heavy atom. The largest absolute Gasteiger partial charge is 0.379 e. The Hall–Kier alpha value is -1.77. The van der Waals surface area contributed by atoms with E-state index in [2.05, 4.69) is 27.4 Å². The van der Waals surface area contributed by atoms with Crippen molar-refractivity contribution in [3.05, 3.63) is 35.4 Å². The monoisotopic (exact) mass is 397 g/mol. The zero-order valence-corrected chi connectivity index (χ0v) is 17.3. The molecule has 1 fully saturated rings. The SMILES string of the molecule is CCNC(=NCC(C)N1CCOCC1)NCC(c1c(F)cccc1F)N(C)C. The molecule has 6 nitrogen and oxygen atoms in total. The summed E-state index contributed by atoms with van der Waals surface area (Å²) in [6, 6.07) is 3.80. The Labute approximate surface area is 166 Å². The standard InChI is InChI=1S/C20H33F2N5O/c1-5-23-20(24-13-15(2)27-9-11-28-12-10-27)25-14-18(26(3)4)19-16(21)7-6-8-17(19)22/h6-8,15,18H,5,9-14H2,1-4H3,(H2,23,24,25). The number of rotatable bonds is 8. The van der Waals surface area contributed by atoms with E-state index in [4.69, 9.17) is 4.74 Å². The van der Waals surface area contributed by atoms with Crippen molar-refractivity contribution < 1.29 is 13.5 Å². The molecule has 8 heteroatoms. The maximum absolute atomic E-state index is 14.2. The van der Waals surface area contributed by atoms with E-state index in [0.717, 1.165) is 26.3 Å². The summed E-state index contributed by atoms with van der Waals surface area (Å²) in [7, 11) is 3.62. The number of halogens is 2. The molecular weight excluding hydrogens is 364 g/mol. The Bertz CT molecular complexity index is 615. The quantitative estimate of drug-likeness (QED) is 0.518. The maximum atomic E-state index is 14.2. The second-order valence-electron chi connectivity index (χ2n) is 7.21. The second-order valence-corrected chi connectivity index (χ2v) is 7.21. The van der Waals surface area contributed by atoms with Crippen molar-refractivity contribution >= 4 is 5.96 Å². The summed E-state index contributed by atoms with van der Waals surface area (Å²) in [5, 5.41) is 6.44. The molecule has 1 aromatic carbocycles. The van der Waals surface area contributed by atoms with Crippen molar-refractivity contribution in [2.24, 2.45) is 4.99 Å². The highest BCUT2D eigenvalue weighted by molar-refractivity contribution is 5.79. The molecule has 1 aliphatic heterocycles. The van der Waals surface area contributed by atoms with Crippen LogP contribution < -0.4 is 10.6 Å². The van der Waals surface area contributed by atoms with Crippen molar-refractivity contribution in [3.63, 3.8) is 0 Å². The third-order valence-electron chi connectivity index (χ3n) is 4.95. The molecule has 0 radical (unpaired) electrons. The Kier molecular flexibility index (Phi) is 9.08. The summed E-state index contributed by atoms with van der Waals surface area (Å²) in [5.74, 6) is -0.432. The van der Waals surface area contributed by atoms with E-state index in [0.29, 0.717) is 31.6 Å². The lowest BCUT2D eigenvalue weighted by molar-refractivity contribution is 0.0220. The zero-order chi connectivity index (χ0) is 20.5. The number of morpholine rings is 1. The predicted molar refractivity (Wildman–Crippen MR) is 109 cm³/mol. The van der Waals surface area contributed by atoms with Crippen LogP contribution in [0.4, 0.5) is 8.78 Å². The highest BCUT2D eigenvalue weighted by atomic mass is 19.1. The number of aliphatic imine (C=N–C) groups is 1. The Balaban J connectivity index is 2.03. The van der Waals surface area contributed by atoms with Gasteiger partial charge in [-0.2, -0.15) is 0 Å². The van der Waals surface area contributed by atoms with E-state index in [-0.39, 0.29) is 5.56 Å². The minimum Gasteiger partial charge on any atom is -0.379 e. The Morgan fingerprint density at radius 3 is 2.43 bits per heavy atom. The van der Waals surface area contributed by atoms with Gasteiger partial charge < -0.3 is 20.3 Å². The average Bonchev–Trinajstić information content (AvgIpc) is 2.68. The van der Waals surface area contributed by atoms with Crippen LogP contribution in [-0.4, -0.2) is 81.8 Å². The van der Waals surface area contributed by atoms with Gasteiger partial charge >= 0.3 is 0 Å². The number of benzene rings is 1. The number of nitrogens with zero attached hydrogens (tertiary/aromatic N) is 3. The molecule has 0 bridgehead atoms. The highest BCUT2D eigenvalue weighted by Gasteiger charge is 2.22. The first-order valence-corrected chi connectivity index (χ1v) is 9.88. The fraction of sp³-hybridized carbons (Fsp3) is 0.650. The van der Waals surface area contributed by atoms with Crippen molar-refractivity contribution in [2.45, 2.75) is 25.9 Å². The molecule has 2 rings (SSSR count). The first kappa shape index (κ1) is 22.5. The molecule has 2 unspecified atom stereocenters. The van der Waals surface area contributed by atoms with Crippen LogP contribution >= 0.6 is 0 Å². The molecule has 0 spiro atoms. The molecule has 1 saturated heterocycles. The summed E-state index contributed by atoms with van der Waals surface area (Å²) < 4.78 is 33.9. The van der Waals surface area contributed by atoms with Crippen LogP contribution in [0.15, 0.2) is 23.2 Å². The minimum absolute atomic E-state index is 0.0672. The van der Waals surface area contributed by atoms with E-state index >= 15 is 0 Å². The number of guanidine groups is 1. The molecule has 0 amide bonds. The van der Waals surface area contributed by atoms with Gasteiger partial charge in [0.1, 0.15) is 11.6 Å². The van der Waals surface area contributed by atoms with E-state index in [1.165, 1.54) is 18.2 Å². The third kappa shape index (κ3) is 6.39. The maximum Gasteiger partial charge on any atom is 0.191 e. The van der Waals surface area contributed by atoms with Gasteiger partial charge in [-0.25, -0.2) is 8.78 Å². The van der Waals surface area contributed by atoms with Gasteiger partial charge in [0.15, 0.2) is 5.96 Å². The summed E-state index contributed by atoms with van der Waals surface area (Å²) in [5.41, 5.74) is 0.0672. The number of hydrogen-bond donors (Lipinski definition) is 2. The van der Waals surface area contributed by atoms with Crippen molar-refractivity contribution in [2.75, 3.05) is 60.0 Å². The van der Waals surface area contributed by atoms with Gasteiger partial charge in [0.25, 0.3) is 0 Å². The van der Waals surface area contributed by atoms with Crippen LogP contribution in [0.25, 0.3) is 0 Å². The van der Waals surface area contributed by atoms with Crippen molar-refractivity contribution in [1.82, 2.24) is 20.4 Å². The van der Waals surface area contributed by atoms with Crippen LogP contribution in [0, 0.1) is 11.6 Å². The number of hydrogen-bond acceptors (Lipinski definition) is 4. The number of nitrogens with one attached hydrogen (secondary N) is 2. The molecule has 1 aromatic rings. The molecule has 1 aliphatic rings. The second kappa shape index (κ2) is 11.3. The van der Waals surface area contributed by atoms with E-state index < -0.39 is 17.7 Å². The first-order valence-electron chi connectivity index (χ1n) is 9.88. The van der Waals surface area contributed by atoms with Gasteiger partial charge in [0.2, 0.25) is 0 Å². The van der Waals surface area contributed by atoms with E-state index in [1.807, 2.05) is 21.0 Å². The summed E-state index contributed by atoms with van der Waals surface area (Å²) in [4.78, 5) is 8.82. The molecule has 2 N–H and O–H groups in total. The van der Waals surface area contributed by atoms with Crippen LogP contribution in [-0.2, 0) is 4.74 Å². The minimum atomic E-state index is -0.539. The van der Waals surface area contributed by atoms with Crippen LogP contribution in [0.3, 0.4) is 0 Å². The van der Waals surface area contributed by atoms with Crippen LogP contribution in [0.5, 0.6) is 0 Å². The lowest BCUT2D eigenvalue weighted by Crippen LogP contribution is -2.45. The summed E-state index contributed by atoms with van der Waals surface area (Å²) >= 11 is 0. The fourth-order valence-corrected chi connectivity index (χ4v) is 3.26. The van der Waals surface area contributed by atoms with Crippen molar-refractivity contribution in [1.29, 1.82) is 0 Å². The molecule has 0 saturated carbocycles. The van der Waals surface area contributed by atoms with Gasteiger partial charge in [0.05, 0.1) is 25.8 Å². The fourth-order valence-electron chi connectivity index (χ4n) is 3.26. The van der Waals surface area contributed by atoms with Crippen LogP contribution in [0.1, 0.15) is 25.5 Å². The molecule has 0 aliphatic carbocycles. The predicted octanol–water partition coefficient (Wildman–Crippen LogP) is 1.84. The van der Waals surface area contributed by atoms with Crippen LogP contribution in [0.2, 0.25) is 0 Å². The molecule has 0 aromatic heterocycles. The summed E-state index contributed by atoms with van der Waals surface area (Å²) in [6.45, 7) is 9.15. The number of ether oxygens (including phenoxy) is 1. The van der Waals surface area contributed by atoms with Gasteiger partial charge in [-0.3, -0.25) is 9.89 Å². The smallest absolute Gasteiger partial charge is 0.191 e. The highest BCUT2D eigenvalue weighted by Crippen LogP contribution is 2.23. The first-order chi connectivity index (χ1) is 13.4. The topological polar surface area (TPSA) is 52.1 Å². The van der Waals surface area contributed by atoms with E-state index in [1.54, 1.807) is 4.90 Å². The molecule has 28 heavy (non-hydrogen) atoms. The lowest BCUT2D eigenvalue weighted by Gasteiger charge is -2.31. The summed E-state index contributed by atoms with van der Waals surface area (Å²) in [6.07, 6.45) is 0. The molecule has 1 heterocycles. The van der Waals surface area contributed by atoms with Gasteiger partial charge in [-0.15, -0.1) is 0 Å². The zero-order valence-electron chi connectivity index (χ0n) is 17.3. The molecular formula is C20H33F2N5O. The van der Waals surface area contributed by atoms with Gasteiger partial charge in [0, 0.05) is 37.8 Å². The normalized spacial score (nSPS) is 18.2. The average molecular weight is 398 g/mol. The van der Waals surface area contributed by atoms with Crippen molar-refractivity contribution in [3.8, 4) is 0 Å². The lowest BCUT2D eigenvalue weighted by atomic mass is 10.0. The Morgan fingerprint density at radius 1 is 1.21 bits per heavy atom. The van der Waals surface area contributed by atoms with Gasteiger partial charge in [-0.1, -0.05) is 6.07 Å². The number of likely N-dealkylation sites (N-methyl/N-ethyl adjacent to an activating group) is 1. The molecule has 158 valence electrons. The molecule has 2 atom stereocenters. The van der Waals surface area contributed by atoms with Gasteiger partial charge in [-0.05, 0) is 40.1 Å².